The van der Waals surface area contributed by atoms with Gasteiger partial charge >= 0.3 is 7.12 Å². The number of anilines is 2. The summed E-state index contributed by atoms with van der Waals surface area (Å²) in [6.45, 7) is 0. The minimum atomic E-state index is -1.34. The molecule has 2 saturated carbocycles. The molecule has 4 aromatic carbocycles. The van der Waals surface area contributed by atoms with Crippen molar-refractivity contribution in [3.05, 3.63) is 149 Å². The van der Waals surface area contributed by atoms with Gasteiger partial charge in [-0.2, -0.15) is 10.2 Å². The van der Waals surface area contributed by atoms with Crippen molar-refractivity contribution < 1.29 is 10.0 Å². The molecule has 0 spiro atoms. The average Bonchev–Trinajstić information content (AvgIpc) is 4.16. The summed E-state index contributed by atoms with van der Waals surface area (Å²) in [4.78, 5) is 17.1. The topological polar surface area (TPSA) is 180 Å². The molecule has 4 heterocycles. The lowest BCUT2D eigenvalue weighted by Crippen LogP contribution is -2.29. The molecule has 2 aliphatic rings. The molecule has 2 fully saturated rings. The lowest BCUT2D eigenvalue weighted by molar-refractivity contribution is 0.426. The van der Waals surface area contributed by atoms with Gasteiger partial charge in [-0.1, -0.05) is 109 Å². The van der Waals surface area contributed by atoms with Crippen LogP contribution in [0, 0.1) is 0 Å². The summed E-state index contributed by atoms with van der Waals surface area (Å²) in [7, 11) is -1.34. The Morgan fingerprint density at radius 2 is 1.07 bits per heavy atom. The van der Waals surface area contributed by atoms with Gasteiger partial charge < -0.3 is 21.5 Å². The van der Waals surface area contributed by atoms with E-state index < -0.39 is 7.12 Å². The van der Waals surface area contributed by atoms with Gasteiger partial charge in [0.25, 0.3) is 0 Å². The Balaban J connectivity index is 0.000000131. The lowest BCUT2D eigenvalue weighted by atomic mass is 9.81. The second kappa shape index (κ2) is 16.3. The predicted octanol–water partition coefficient (Wildman–Crippen LogP) is 6.36. The third kappa shape index (κ3) is 8.40. The number of benzene rings is 4. The first-order chi connectivity index (χ1) is 27.3. The van der Waals surface area contributed by atoms with E-state index in [9.17, 15) is 0 Å². The molecule has 0 amide bonds. The molecule has 0 atom stereocenters. The van der Waals surface area contributed by atoms with Gasteiger partial charge in [0.05, 0.1) is 34.2 Å². The summed E-state index contributed by atoms with van der Waals surface area (Å²) in [6, 6.07) is 36.3. The third-order valence-electron chi connectivity index (χ3n) is 9.73. The maximum absolute atomic E-state index is 8.58. The fraction of sp³-hybridized carbons (Fsp3) is 0.190. The monoisotopic (exact) mass is 762 g/mol. The molecule has 56 heavy (non-hydrogen) atoms. The highest BCUT2D eigenvalue weighted by atomic mass is 35.5. The van der Waals surface area contributed by atoms with Crippen LogP contribution in [-0.2, 0) is 12.8 Å². The van der Waals surface area contributed by atoms with Crippen LogP contribution >= 0.6 is 11.6 Å². The first kappa shape index (κ1) is 36.8. The Morgan fingerprint density at radius 3 is 1.55 bits per heavy atom. The van der Waals surface area contributed by atoms with Gasteiger partial charge in [0.2, 0.25) is 0 Å². The standard InChI is InChI=1S/C21H19N5.C15H14ClN5.C6H7BO2/c22-20-19-18(25-26(17-9-10-17)21(19)24-13-23-20)12-14-5-4-8-16(11-14)15-6-2-1-3-7-15;16-10-3-1-2-9(6-10)7-12-13-14(17)18-8-19-15(13)21(20-12)11-4-5-11;8-7(9)6-4-2-1-3-5-6/h1-8,11,13,17H,9-10,12H2,(H2,22,23,24);1-3,6,8,11H,4-5,7H2,(H2,17,18,19);1-5,8-9H. The van der Waals surface area contributed by atoms with Crippen molar-refractivity contribution >= 4 is 57.9 Å². The Kier molecular flexibility index (Phi) is 10.7. The Labute approximate surface area is 329 Å². The summed E-state index contributed by atoms with van der Waals surface area (Å²) in [5, 5.41) is 29.2. The normalized spacial score (nSPS) is 13.5. The summed E-state index contributed by atoms with van der Waals surface area (Å²) >= 11 is 6.05. The van der Waals surface area contributed by atoms with Crippen molar-refractivity contribution in [2.75, 3.05) is 11.5 Å². The summed E-state index contributed by atoms with van der Waals surface area (Å²) < 4.78 is 4.02. The number of aromatic nitrogens is 8. The second-order valence-corrected chi connectivity index (χ2v) is 14.4. The quantitative estimate of drug-likeness (QED) is 0.127. The van der Waals surface area contributed by atoms with Crippen LogP contribution in [0.25, 0.3) is 33.2 Å². The van der Waals surface area contributed by atoms with Crippen LogP contribution in [0.1, 0.15) is 60.3 Å². The highest BCUT2D eigenvalue weighted by Gasteiger charge is 2.30. The Bertz CT molecular complexity index is 2590. The fourth-order valence-electron chi connectivity index (χ4n) is 6.68. The third-order valence-corrected chi connectivity index (χ3v) is 9.97. The van der Waals surface area contributed by atoms with E-state index in [0.29, 0.717) is 42.0 Å². The number of rotatable bonds is 8. The first-order valence-electron chi connectivity index (χ1n) is 18.6. The maximum atomic E-state index is 8.58. The van der Waals surface area contributed by atoms with E-state index in [1.54, 1.807) is 24.3 Å². The van der Waals surface area contributed by atoms with Crippen LogP contribution < -0.4 is 16.9 Å². The molecule has 0 bridgehead atoms. The smallest absolute Gasteiger partial charge is 0.423 e. The van der Waals surface area contributed by atoms with Crippen molar-refractivity contribution in [2.45, 2.75) is 50.6 Å². The highest BCUT2D eigenvalue weighted by Crippen LogP contribution is 2.39. The molecule has 6 N–H and O–H groups in total. The van der Waals surface area contributed by atoms with Gasteiger partial charge in [-0.25, -0.2) is 29.3 Å². The largest absolute Gasteiger partial charge is 0.488 e. The molecular weight excluding hydrogens is 723 g/mol. The molecule has 2 aliphatic carbocycles. The maximum Gasteiger partial charge on any atom is 0.488 e. The number of fused-ring (bicyclic) bond motifs is 2. The summed E-state index contributed by atoms with van der Waals surface area (Å²) in [5.41, 5.74) is 21.0. The zero-order valence-electron chi connectivity index (χ0n) is 30.5. The molecule has 4 aromatic heterocycles. The number of nitrogens with two attached hydrogens (primary N) is 2. The van der Waals surface area contributed by atoms with Gasteiger partial charge in [0.1, 0.15) is 24.3 Å². The van der Waals surface area contributed by atoms with E-state index in [0.717, 1.165) is 69.7 Å². The van der Waals surface area contributed by atoms with Crippen LogP contribution in [0.3, 0.4) is 0 Å². The molecule has 0 aliphatic heterocycles. The SMILES string of the molecule is Nc1ncnc2c1c(Cc1cccc(-c3ccccc3)c1)nn2C1CC1.Nc1ncnc2c1c(Cc1cccc(Cl)c1)nn2C1CC1.OB(O)c1ccccc1. The Hall–Kier alpha value is -6.15. The zero-order valence-corrected chi connectivity index (χ0v) is 31.3. The minimum Gasteiger partial charge on any atom is -0.423 e. The summed E-state index contributed by atoms with van der Waals surface area (Å²) in [6.07, 6.45) is 9.03. The van der Waals surface area contributed by atoms with Crippen molar-refractivity contribution in [3.8, 4) is 11.1 Å². The molecule has 12 nitrogen and oxygen atoms in total. The molecule has 0 radical (unpaired) electrons. The molecular formula is C42H40BClN10O2. The van der Waals surface area contributed by atoms with Gasteiger partial charge in [-0.15, -0.1) is 0 Å². The van der Waals surface area contributed by atoms with E-state index in [4.69, 9.17) is 43.3 Å². The van der Waals surface area contributed by atoms with E-state index in [1.165, 1.54) is 29.3 Å². The van der Waals surface area contributed by atoms with Gasteiger partial charge in [0.15, 0.2) is 11.3 Å². The first-order valence-corrected chi connectivity index (χ1v) is 18.9. The molecule has 280 valence electrons. The number of halogens is 1. The lowest BCUT2D eigenvalue weighted by Gasteiger charge is -2.05. The minimum absolute atomic E-state index is 0.454. The molecule has 0 saturated heterocycles. The van der Waals surface area contributed by atoms with E-state index >= 15 is 0 Å². The molecule has 8 aromatic rings. The van der Waals surface area contributed by atoms with Gasteiger partial charge in [-0.3, -0.25) is 0 Å². The van der Waals surface area contributed by atoms with Crippen molar-refractivity contribution in [1.82, 2.24) is 39.5 Å². The van der Waals surface area contributed by atoms with Gasteiger partial charge in [-0.05, 0) is 65.5 Å². The van der Waals surface area contributed by atoms with E-state index in [-0.39, 0.29) is 0 Å². The zero-order chi connectivity index (χ0) is 38.6. The van der Waals surface area contributed by atoms with Crippen LogP contribution in [0.4, 0.5) is 11.6 Å². The fourth-order valence-corrected chi connectivity index (χ4v) is 6.89. The Morgan fingerprint density at radius 1 is 0.589 bits per heavy atom. The number of hydrogen-bond donors (Lipinski definition) is 4. The molecule has 14 heteroatoms. The van der Waals surface area contributed by atoms with Crippen LogP contribution in [0.5, 0.6) is 0 Å². The highest BCUT2D eigenvalue weighted by molar-refractivity contribution is 6.58. The van der Waals surface area contributed by atoms with Crippen molar-refractivity contribution in [3.63, 3.8) is 0 Å². The molecule has 0 unspecified atom stereocenters. The second-order valence-electron chi connectivity index (χ2n) is 14.0. The van der Waals surface area contributed by atoms with Gasteiger partial charge in [0, 0.05) is 17.9 Å². The number of nitrogen functional groups attached to an aromatic ring is 2. The summed E-state index contributed by atoms with van der Waals surface area (Å²) in [5.74, 6) is 1.00. The number of nitrogens with zero attached hydrogens (tertiary/aromatic N) is 8. The van der Waals surface area contributed by atoms with Crippen molar-refractivity contribution in [2.24, 2.45) is 0 Å². The average molecular weight is 763 g/mol. The van der Waals surface area contributed by atoms with E-state index in [1.807, 2.05) is 45.8 Å². The van der Waals surface area contributed by atoms with Crippen LogP contribution in [0.15, 0.2) is 122 Å². The van der Waals surface area contributed by atoms with E-state index in [2.05, 4.69) is 68.5 Å². The van der Waals surface area contributed by atoms with Crippen LogP contribution in [-0.4, -0.2) is 56.7 Å². The van der Waals surface area contributed by atoms with Crippen LogP contribution in [0.2, 0.25) is 5.02 Å². The number of hydrogen-bond acceptors (Lipinski definition) is 10. The predicted molar refractivity (Wildman–Crippen MR) is 221 cm³/mol. The molecule has 10 rings (SSSR count). The van der Waals surface area contributed by atoms with Crippen molar-refractivity contribution in [1.29, 1.82) is 0 Å².